The molecule has 0 spiro atoms. The van der Waals surface area contributed by atoms with Crippen molar-refractivity contribution < 1.29 is 30.0 Å². The standard InChI is InChI=1S/C6H8O6/c7-3(1-2-4(8)9)5(10)6(11)12/h1-3,5,7,10H,(H,8,9)(H,11,12). The predicted molar refractivity (Wildman–Crippen MR) is 36.4 cm³/mol. The Morgan fingerprint density at radius 3 is 2.00 bits per heavy atom. The van der Waals surface area contributed by atoms with Gasteiger partial charge in [-0.2, -0.15) is 0 Å². The minimum atomic E-state index is -2.00. The first-order valence-electron chi connectivity index (χ1n) is 2.95. The summed E-state index contributed by atoms with van der Waals surface area (Å²) in [5.41, 5.74) is 0. The third-order valence-electron chi connectivity index (χ3n) is 1.01. The van der Waals surface area contributed by atoms with Crippen LogP contribution in [0.4, 0.5) is 0 Å². The first kappa shape index (κ1) is 10.6. The summed E-state index contributed by atoms with van der Waals surface area (Å²) in [6.07, 6.45) is -2.48. The molecule has 0 saturated heterocycles. The summed E-state index contributed by atoms with van der Waals surface area (Å²) in [4.78, 5) is 19.9. The third-order valence-corrected chi connectivity index (χ3v) is 1.01. The second-order valence-electron chi connectivity index (χ2n) is 1.97. The number of aliphatic hydroxyl groups excluding tert-OH is 2. The second kappa shape index (κ2) is 4.47. The number of carboxylic acid groups (broad SMARTS) is 2. The number of hydrogen-bond acceptors (Lipinski definition) is 4. The Labute approximate surface area is 67.4 Å². The highest BCUT2D eigenvalue weighted by Gasteiger charge is 2.20. The van der Waals surface area contributed by atoms with Crippen LogP contribution in [0.2, 0.25) is 0 Å². The molecule has 12 heavy (non-hydrogen) atoms. The van der Waals surface area contributed by atoms with Gasteiger partial charge < -0.3 is 20.4 Å². The molecule has 6 heteroatoms. The topological polar surface area (TPSA) is 115 Å². The van der Waals surface area contributed by atoms with Crippen LogP contribution in [0.1, 0.15) is 0 Å². The van der Waals surface area contributed by atoms with Crippen LogP contribution in [0.3, 0.4) is 0 Å². The van der Waals surface area contributed by atoms with Gasteiger partial charge >= 0.3 is 11.9 Å². The summed E-state index contributed by atoms with van der Waals surface area (Å²) in [6.45, 7) is 0. The Hall–Kier alpha value is -1.40. The van der Waals surface area contributed by atoms with Gasteiger partial charge in [0.2, 0.25) is 0 Å². The predicted octanol–water partition coefficient (Wildman–Crippen LogP) is -1.57. The largest absolute Gasteiger partial charge is 0.479 e. The van der Waals surface area contributed by atoms with Gasteiger partial charge in [-0.05, 0) is 6.08 Å². The Bertz CT molecular complexity index is 208. The van der Waals surface area contributed by atoms with Crippen molar-refractivity contribution in [2.24, 2.45) is 0 Å². The molecule has 0 saturated carbocycles. The van der Waals surface area contributed by atoms with E-state index in [1.807, 2.05) is 0 Å². The van der Waals surface area contributed by atoms with Crippen LogP contribution in [0.15, 0.2) is 12.2 Å². The summed E-state index contributed by atoms with van der Waals surface area (Å²) >= 11 is 0. The van der Waals surface area contributed by atoms with Crippen LogP contribution in [-0.4, -0.2) is 44.6 Å². The van der Waals surface area contributed by atoms with Crippen molar-refractivity contribution in [1.29, 1.82) is 0 Å². The normalized spacial score (nSPS) is 15.8. The smallest absolute Gasteiger partial charge is 0.335 e. The maximum atomic E-state index is 9.99. The molecule has 0 aliphatic heterocycles. The molecule has 0 rings (SSSR count). The lowest BCUT2D eigenvalue weighted by atomic mass is 10.2. The molecule has 2 atom stereocenters. The molecular weight excluding hydrogens is 168 g/mol. The SMILES string of the molecule is O=C(O)C=CC(O)C(O)C(=O)O. The van der Waals surface area contributed by atoms with Gasteiger partial charge in [0.05, 0.1) is 0 Å². The van der Waals surface area contributed by atoms with Crippen molar-refractivity contribution in [3.8, 4) is 0 Å². The molecule has 68 valence electrons. The maximum Gasteiger partial charge on any atom is 0.335 e. The van der Waals surface area contributed by atoms with E-state index in [1.165, 1.54) is 0 Å². The zero-order valence-corrected chi connectivity index (χ0v) is 5.91. The van der Waals surface area contributed by atoms with E-state index in [2.05, 4.69) is 0 Å². The van der Waals surface area contributed by atoms with Crippen molar-refractivity contribution in [2.45, 2.75) is 12.2 Å². The van der Waals surface area contributed by atoms with Crippen LogP contribution in [-0.2, 0) is 9.59 Å². The van der Waals surface area contributed by atoms with Gasteiger partial charge in [-0.25, -0.2) is 9.59 Å². The van der Waals surface area contributed by atoms with E-state index in [0.717, 1.165) is 0 Å². The lowest BCUT2D eigenvalue weighted by Gasteiger charge is -2.07. The number of carboxylic acids is 2. The molecule has 0 bridgehead atoms. The highest BCUT2D eigenvalue weighted by Crippen LogP contribution is 1.95. The van der Waals surface area contributed by atoms with Crippen molar-refractivity contribution in [3.05, 3.63) is 12.2 Å². The van der Waals surface area contributed by atoms with Gasteiger partial charge in [-0.3, -0.25) is 0 Å². The Morgan fingerprint density at radius 2 is 1.67 bits per heavy atom. The zero-order valence-electron chi connectivity index (χ0n) is 5.91. The fourth-order valence-electron chi connectivity index (χ4n) is 0.432. The molecule has 0 aromatic rings. The van der Waals surface area contributed by atoms with Crippen molar-refractivity contribution >= 4 is 11.9 Å². The highest BCUT2D eigenvalue weighted by atomic mass is 16.4. The lowest BCUT2D eigenvalue weighted by Crippen LogP contribution is -2.32. The van der Waals surface area contributed by atoms with Gasteiger partial charge in [-0.1, -0.05) is 0 Å². The molecular formula is C6H8O6. The van der Waals surface area contributed by atoms with E-state index < -0.39 is 24.1 Å². The van der Waals surface area contributed by atoms with E-state index in [4.69, 9.17) is 20.4 Å². The number of carbonyl (C=O) groups is 2. The minimum absolute atomic E-state index is 0.552. The number of hydrogen-bond donors (Lipinski definition) is 4. The zero-order chi connectivity index (χ0) is 9.72. The Morgan fingerprint density at radius 1 is 1.17 bits per heavy atom. The molecule has 0 aromatic heterocycles. The molecule has 0 aromatic carbocycles. The van der Waals surface area contributed by atoms with E-state index >= 15 is 0 Å². The molecule has 0 amide bonds. The van der Waals surface area contributed by atoms with Crippen LogP contribution in [0.5, 0.6) is 0 Å². The molecule has 0 aliphatic rings. The number of aliphatic carboxylic acids is 2. The van der Waals surface area contributed by atoms with Gasteiger partial charge in [0.15, 0.2) is 6.10 Å². The van der Waals surface area contributed by atoms with Gasteiger partial charge in [0.1, 0.15) is 6.10 Å². The minimum Gasteiger partial charge on any atom is -0.479 e. The summed E-state index contributed by atoms with van der Waals surface area (Å²) < 4.78 is 0. The second-order valence-corrected chi connectivity index (χ2v) is 1.97. The summed E-state index contributed by atoms with van der Waals surface area (Å²) in [6, 6.07) is 0. The van der Waals surface area contributed by atoms with Gasteiger partial charge in [0, 0.05) is 6.08 Å². The summed E-state index contributed by atoms with van der Waals surface area (Å²) in [5, 5.41) is 33.6. The molecule has 0 heterocycles. The molecule has 0 aliphatic carbocycles. The molecule has 6 nitrogen and oxygen atoms in total. The third kappa shape index (κ3) is 3.69. The van der Waals surface area contributed by atoms with Crippen LogP contribution >= 0.6 is 0 Å². The van der Waals surface area contributed by atoms with Gasteiger partial charge in [-0.15, -0.1) is 0 Å². The highest BCUT2D eigenvalue weighted by molar-refractivity contribution is 5.80. The number of rotatable bonds is 4. The van der Waals surface area contributed by atoms with Crippen molar-refractivity contribution in [1.82, 2.24) is 0 Å². The van der Waals surface area contributed by atoms with Crippen molar-refractivity contribution in [2.75, 3.05) is 0 Å². The fraction of sp³-hybridized carbons (Fsp3) is 0.333. The average molecular weight is 176 g/mol. The lowest BCUT2D eigenvalue weighted by molar-refractivity contribution is -0.151. The summed E-state index contributed by atoms with van der Waals surface area (Å²) in [5.74, 6) is -2.94. The number of aliphatic hydroxyl groups is 2. The van der Waals surface area contributed by atoms with E-state index in [1.54, 1.807) is 0 Å². The van der Waals surface area contributed by atoms with E-state index in [0.29, 0.717) is 12.2 Å². The van der Waals surface area contributed by atoms with Crippen molar-refractivity contribution in [3.63, 3.8) is 0 Å². The van der Waals surface area contributed by atoms with E-state index in [9.17, 15) is 9.59 Å². The average Bonchev–Trinajstić information content (AvgIpc) is 1.98. The molecule has 2 unspecified atom stereocenters. The van der Waals surface area contributed by atoms with Crippen LogP contribution < -0.4 is 0 Å². The molecule has 0 fully saturated rings. The maximum absolute atomic E-state index is 9.99. The Kier molecular flexibility index (Phi) is 3.95. The molecule has 4 N–H and O–H groups in total. The Balaban J connectivity index is 4.12. The first-order chi connectivity index (χ1) is 5.45. The van der Waals surface area contributed by atoms with Gasteiger partial charge in [0.25, 0.3) is 0 Å². The molecule has 0 radical (unpaired) electrons. The first-order valence-corrected chi connectivity index (χ1v) is 2.95. The fourth-order valence-corrected chi connectivity index (χ4v) is 0.432. The quantitative estimate of drug-likeness (QED) is 0.385. The monoisotopic (exact) mass is 176 g/mol. The van der Waals surface area contributed by atoms with Crippen LogP contribution in [0.25, 0.3) is 0 Å². The summed E-state index contributed by atoms with van der Waals surface area (Å²) in [7, 11) is 0. The van der Waals surface area contributed by atoms with Crippen LogP contribution in [0, 0.1) is 0 Å². The van der Waals surface area contributed by atoms with E-state index in [-0.39, 0.29) is 0 Å².